The normalized spacial score (nSPS) is 36.4. The Bertz CT molecular complexity index is 277. The molecule has 8 nitrogen and oxygen atoms in total. The van der Waals surface area contributed by atoms with Crippen molar-refractivity contribution in [2.24, 2.45) is 5.73 Å². The quantitative estimate of drug-likeness (QED) is 0.355. The second-order valence-corrected chi connectivity index (χ2v) is 4.09. The lowest BCUT2D eigenvalue weighted by Gasteiger charge is -2.42. The number of rotatable bonds is 5. The summed E-state index contributed by atoms with van der Waals surface area (Å²) in [5.74, 6) is -0.390. The van der Waals surface area contributed by atoms with E-state index in [0.717, 1.165) is 0 Å². The molecule has 1 aliphatic heterocycles. The number of hydrogen-bond donors (Lipinski definition) is 5. The van der Waals surface area contributed by atoms with Gasteiger partial charge in [-0.1, -0.05) is 0 Å². The second kappa shape index (κ2) is 6.98. The van der Waals surface area contributed by atoms with Crippen molar-refractivity contribution in [2.75, 3.05) is 19.8 Å². The van der Waals surface area contributed by atoms with Gasteiger partial charge in [0.2, 0.25) is 5.91 Å². The van der Waals surface area contributed by atoms with Gasteiger partial charge in [0.05, 0.1) is 13.2 Å². The van der Waals surface area contributed by atoms with Gasteiger partial charge in [0, 0.05) is 13.5 Å². The predicted octanol–water partition coefficient (Wildman–Crippen LogP) is -3.09. The van der Waals surface area contributed by atoms with Gasteiger partial charge >= 0.3 is 0 Å². The molecule has 0 aliphatic carbocycles. The summed E-state index contributed by atoms with van der Waals surface area (Å²) < 4.78 is 10.5. The average Bonchev–Trinajstić information content (AvgIpc) is 2.33. The fourth-order valence-electron chi connectivity index (χ4n) is 1.80. The van der Waals surface area contributed by atoms with Crippen LogP contribution < -0.4 is 11.1 Å². The molecule has 0 spiro atoms. The molecule has 0 radical (unpaired) electrons. The van der Waals surface area contributed by atoms with Crippen molar-refractivity contribution in [1.29, 1.82) is 0 Å². The molecule has 106 valence electrons. The maximum atomic E-state index is 11.0. The van der Waals surface area contributed by atoms with Crippen LogP contribution in [0.5, 0.6) is 0 Å². The van der Waals surface area contributed by atoms with Gasteiger partial charge in [-0.2, -0.15) is 0 Å². The van der Waals surface area contributed by atoms with Crippen LogP contribution in [-0.4, -0.2) is 71.6 Å². The Hall–Kier alpha value is -0.770. The van der Waals surface area contributed by atoms with E-state index in [1.54, 1.807) is 0 Å². The number of aliphatic hydroxyl groups is 3. The number of carbonyl (C=O) groups excluding carboxylic acids is 1. The number of nitrogens with one attached hydrogen (secondary N) is 1. The topological polar surface area (TPSA) is 134 Å². The molecule has 1 heterocycles. The van der Waals surface area contributed by atoms with Crippen molar-refractivity contribution >= 4 is 5.91 Å². The molecule has 1 unspecified atom stereocenters. The molecular formula is C10H20N2O6. The molecule has 5 atom stereocenters. The molecule has 0 bridgehead atoms. The number of aliphatic hydroxyl groups excluding tert-OH is 3. The number of ether oxygens (including phenoxy) is 2. The Balaban J connectivity index is 2.76. The van der Waals surface area contributed by atoms with Crippen LogP contribution in [0.4, 0.5) is 0 Å². The molecule has 0 aromatic rings. The molecule has 8 heteroatoms. The Morgan fingerprint density at radius 3 is 2.61 bits per heavy atom. The third kappa shape index (κ3) is 3.61. The lowest BCUT2D eigenvalue weighted by atomic mass is 9.97. The van der Waals surface area contributed by atoms with Crippen LogP contribution in [0.2, 0.25) is 0 Å². The summed E-state index contributed by atoms with van der Waals surface area (Å²) >= 11 is 0. The highest BCUT2D eigenvalue weighted by Gasteiger charge is 2.45. The highest BCUT2D eigenvalue weighted by atomic mass is 16.7. The first-order valence-electron chi connectivity index (χ1n) is 5.72. The summed E-state index contributed by atoms with van der Waals surface area (Å²) in [6.45, 7) is 1.22. The molecule has 1 rings (SSSR count). The van der Waals surface area contributed by atoms with Crippen LogP contribution in [0.25, 0.3) is 0 Å². The Labute approximate surface area is 105 Å². The van der Waals surface area contributed by atoms with E-state index in [0.29, 0.717) is 0 Å². The standard InChI is InChI=1S/C10H20N2O6/c1-5(14)12-7-9(16)8(15)6(4-13)18-10(7)17-3-2-11/h6-10,13,15-16H,2-4,11H2,1H3,(H,12,14)/t6-,7-,8-,9-,10?/m1/s1. The molecule has 18 heavy (non-hydrogen) atoms. The molecule has 1 amide bonds. The molecule has 1 saturated heterocycles. The van der Waals surface area contributed by atoms with E-state index in [1.807, 2.05) is 0 Å². The molecule has 0 aromatic heterocycles. The Kier molecular flexibility index (Phi) is 5.93. The SMILES string of the molecule is CC(=O)N[C@H]1C(OCCN)O[C@H](CO)[C@@H](O)[C@@H]1O. The zero-order chi connectivity index (χ0) is 13.7. The molecule has 1 fully saturated rings. The minimum absolute atomic E-state index is 0.168. The van der Waals surface area contributed by atoms with Crippen LogP contribution in [-0.2, 0) is 14.3 Å². The van der Waals surface area contributed by atoms with Crippen LogP contribution >= 0.6 is 0 Å². The maximum absolute atomic E-state index is 11.0. The minimum atomic E-state index is -1.30. The smallest absolute Gasteiger partial charge is 0.217 e. The number of carbonyl (C=O) groups is 1. The number of amides is 1. The van der Waals surface area contributed by atoms with Crippen LogP contribution in [0.15, 0.2) is 0 Å². The van der Waals surface area contributed by atoms with Crippen LogP contribution in [0, 0.1) is 0 Å². The van der Waals surface area contributed by atoms with Crippen molar-refractivity contribution in [3.05, 3.63) is 0 Å². The molecule has 1 aliphatic rings. The van der Waals surface area contributed by atoms with Gasteiger partial charge in [-0.15, -0.1) is 0 Å². The van der Waals surface area contributed by atoms with E-state index in [2.05, 4.69) is 5.32 Å². The van der Waals surface area contributed by atoms with Gasteiger partial charge in [0.15, 0.2) is 6.29 Å². The highest BCUT2D eigenvalue weighted by molar-refractivity contribution is 5.73. The second-order valence-electron chi connectivity index (χ2n) is 4.09. The molecule has 6 N–H and O–H groups in total. The van der Waals surface area contributed by atoms with Crippen LogP contribution in [0.1, 0.15) is 6.92 Å². The van der Waals surface area contributed by atoms with Crippen molar-refractivity contribution in [3.8, 4) is 0 Å². The minimum Gasteiger partial charge on any atom is -0.394 e. The predicted molar refractivity (Wildman–Crippen MR) is 60.4 cm³/mol. The summed E-state index contributed by atoms with van der Waals surface area (Å²) in [7, 11) is 0. The monoisotopic (exact) mass is 264 g/mol. The largest absolute Gasteiger partial charge is 0.394 e. The first-order valence-corrected chi connectivity index (χ1v) is 5.72. The average molecular weight is 264 g/mol. The van der Waals surface area contributed by atoms with Gasteiger partial charge in [0.1, 0.15) is 24.4 Å². The summed E-state index contributed by atoms with van der Waals surface area (Å²) in [6, 6.07) is -0.910. The lowest BCUT2D eigenvalue weighted by molar-refractivity contribution is -0.269. The Morgan fingerprint density at radius 1 is 1.44 bits per heavy atom. The van der Waals surface area contributed by atoms with E-state index in [9.17, 15) is 15.0 Å². The zero-order valence-corrected chi connectivity index (χ0v) is 10.2. The summed E-state index contributed by atoms with van der Waals surface area (Å²) in [5, 5.41) is 31.1. The molecular weight excluding hydrogens is 244 g/mol. The van der Waals surface area contributed by atoms with Gasteiger partial charge in [-0.05, 0) is 0 Å². The van der Waals surface area contributed by atoms with Crippen molar-refractivity contribution in [3.63, 3.8) is 0 Å². The third-order valence-corrected chi connectivity index (χ3v) is 2.65. The zero-order valence-electron chi connectivity index (χ0n) is 10.2. The molecule has 0 saturated carbocycles. The van der Waals surface area contributed by atoms with Crippen molar-refractivity contribution < 1.29 is 29.6 Å². The Morgan fingerprint density at radius 2 is 2.11 bits per heavy atom. The van der Waals surface area contributed by atoms with E-state index >= 15 is 0 Å². The van der Waals surface area contributed by atoms with Gasteiger partial charge in [-0.25, -0.2) is 0 Å². The first kappa shape index (κ1) is 15.3. The third-order valence-electron chi connectivity index (χ3n) is 2.65. The van der Waals surface area contributed by atoms with E-state index < -0.39 is 43.2 Å². The summed E-state index contributed by atoms with van der Waals surface area (Å²) in [6.07, 6.45) is -4.52. The molecule has 0 aromatic carbocycles. The van der Waals surface area contributed by atoms with Gasteiger partial charge < -0.3 is 35.8 Å². The fourth-order valence-corrected chi connectivity index (χ4v) is 1.80. The highest BCUT2D eigenvalue weighted by Crippen LogP contribution is 2.21. The van der Waals surface area contributed by atoms with Crippen molar-refractivity contribution in [2.45, 2.75) is 37.6 Å². The lowest BCUT2D eigenvalue weighted by Crippen LogP contribution is -2.64. The fraction of sp³-hybridized carbons (Fsp3) is 0.900. The number of nitrogens with two attached hydrogens (primary N) is 1. The van der Waals surface area contributed by atoms with E-state index in [-0.39, 0.29) is 13.2 Å². The van der Waals surface area contributed by atoms with Gasteiger partial charge in [-0.3, -0.25) is 4.79 Å². The van der Waals surface area contributed by atoms with Crippen molar-refractivity contribution in [1.82, 2.24) is 5.32 Å². The van der Waals surface area contributed by atoms with Crippen LogP contribution in [0.3, 0.4) is 0 Å². The first-order chi connectivity index (χ1) is 8.51. The summed E-state index contributed by atoms with van der Waals surface area (Å²) in [4.78, 5) is 11.0. The van der Waals surface area contributed by atoms with Gasteiger partial charge in [0.25, 0.3) is 0 Å². The van der Waals surface area contributed by atoms with E-state index in [4.69, 9.17) is 20.3 Å². The summed E-state index contributed by atoms with van der Waals surface area (Å²) in [5.41, 5.74) is 5.29. The van der Waals surface area contributed by atoms with E-state index in [1.165, 1.54) is 6.92 Å². The number of hydrogen-bond acceptors (Lipinski definition) is 7. The maximum Gasteiger partial charge on any atom is 0.217 e.